The predicted octanol–water partition coefficient (Wildman–Crippen LogP) is 7.63. The molecular formula is C57H77NO10S. The number of carbonyl (C=O) groups is 2. The van der Waals surface area contributed by atoms with Gasteiger partial charge in [-0.2, -0.15) is 0 Å². The zero-order valence-electron chi connectivity index (χ0n) is 41.3. The van der Waals surface area contributed by atoms with Crippen LogP contribution in [0.3, 0.4) is 0 Å². The van der Waals surface area contributed by atoms with E-state index in [9.17, 15) is 40.2 Å². The molecule has 0 radical (unpaired) electrons. The van der Waals surface area contributed by atoms with Crippen molar-refractivity contribution < 1.29 is 49.7 Å². The first-order chi connectivity index (χ1) is 33.1. The lowest BCUT2D eigenvalue weighted by atomic mass is 9.89. The van der Waals surface area contributed by atoms with Gasteiger partial charge in [-0.25, -0.2) is 0 Å². The van der Waals surface area contributed by atoms with Crippen molar-refractivity contribution in [1.29, 1.82) is 0 Å². The molecule has 12 heteroatoms. The maximum atomic E-state index is 12.7. The van der Waals surface area contributed by atoms with Crippen LogP contribution in [0.25, 0.3) is 0 Å². The topological polar surface area (TPSA) is 177 Å². The van der Waals surface area contributed by atoms with E-state index < -0.39 is 60.4 Å². The fourth-order valence-corrected chi connectivity index (χ4v) is 10.3. The Hall–Kier alpha value is -3.79. The van der Waals surface area contributed by atoms with Crippen LogP contribution in [0.2, 0.25) is 0 Å². The third-order valence-electron chi connectivity index (χ3n) is 14.2. The summed E-state index contributed by atoms with van der Waals surface area (Å²) in [6.45, 7) is 7.69. The minimum atomic E-state index is -1.28. The lowest BCUT2D eigenvalue weighted by molar-refractivity contribution is -0.219. The highest BCUT2D eigenvalue weighted by Crippen LogP contribution is 2.37. The van der Waals surface area contributed by atoms with Gasteiger partial charge < -0.3 is 45.0 Å². The van der Waals surface area contributed by atoms with Crippen LogP contribution >= 0.6 is 11.8 Å². The number of aliphatic hydroxyl groups is 6. The van der Waals surface area contributed by atoms with Gasteiger partial charge in [-0.05, 0) is 167 Å². The van der Waals surface area contributed by atoms with Crippen LogP contribution in [0.15, 0.2) is 84.9 Å². The second kappa shape index (κ2) is 26.6. The molecule has 0 amide bonds. The molecule has 0 saturated carbocycles. The van der Waals surface area contributed by atoms with E-state index in [1.165, 1.54) is 22.9 Å². The minimum absolute atomic E-state index is 0.320. The van der Waals surface area contributed by atoms with Gasteiger partial charge in [0.2, 0.25) is 0 Å². The number of ether oxygens (including phenoxy) is 2. The Morgan fingerprint density at radius 1 is 0.522 bits per heavy atom. The van der Waals surface area contributed by atoms with Gasteiger partial charge in [-0.1, -0.05) is 84.9 Å². The number of thioether (sulfide) groups is 1. The van der Waals surface area contributed by atoms with E-state index in [1.807, 2.05) is 36.4 Å². The largest absolute Gasteiger partial charge is 0.388 e. The molecule has 0 aromatic heterocycles. The number of ketones is 2. The third kappa shape index (κ3) is 15.6. The molecule has 0 spiro atoms. The Kier molecular flexibility index (Phi) is 21.0. The summed E-state index contributed by atoms with van der Waals surface area (Å²) in [5.41, 5.74) is 10.1. The van der Waals surface area contributed by atoms with E-state index in [-0.39, 0.29) is 0 Å². The summed E-state index contributed by atoms with van der Waals surface area (Å²) in [6.07, 6.45) is 3.43. The number of Topliss-reactive ketones (excluding diaryl/α,β-unsaturated/α-hetero) is 2. The van der Waals surface area contributed by atoms with E-state index in [1.54, 1.807) is 13.2 Å². The first kappa shape index (κ1) is 54.5. The SMILES string of the molecule is CS[C@H]1O[C@@H](c2ccc(C)c(Cc3ccc(CCCC(=O)CCCCN(C)CCCCC(=O)CCCc4ccc(Cc5cc([C@@H]6O[C@H](C)[C@@H](O)[C@H](O)[C@H]6O)ccc5C)cc4)cc3)c2)[C@H](O)[C@@H](O)[C@@H]1O. The summed E-state index contributed by atoms with van der Waals surface area (Å²) in [5.74, 6) is 0.639. The minimum Gasteiger partial charge on any atom is -0.388 e. The lowest BCUT2D eigenvalue weighted by Crippen LogP contribution is -2.53. The number of carbonyl (C=O) groups excluding carboxylic acids is 2. The number of unbranched alkanes of at least 4 members (excludes halogenated alkanes) is 2. The van der Waals surface area contributed by atoms with Crippen molar-refractivity contribution in [3.63, 3.8) is 0 Å². The molecule has 376 valence electrons. The lowest BCUT2D eigenvalue weighted by Gasteiger charge is -2.40. The quantitative estimate of drug-likeness (QED) is 0.0359. The second-order valence-electron chi connectivity index (χ2n) is 19.7. The number of rotatable bonds is 25. The first-order valence-electron chi connectivity index (χ1n) is 25.1. The fourth-order valence-electron chi connectivity index (χ4n) is 9.60. The first-order valence-corrected chi connectivity index (χ1v) is 26.4. The van der Waals surface area contributed by atoms with Gasteiger partial charge >= 0.3 is 0 Å². The summed E-state index contributed by atoms with van der Waals surface area (Å²) in [6, 6.07) is 28.9. The van der Waals surface area contributed by atoms with Crippen molar-refractivity contribution in [2.24, 2.45) is 0 Å². The molecule has 2 heterocycles. The number of hydrogen-bond donors (Lipinski definition) is 6. The fraction of sp³-hybridized carbons (Fsp3) is 0.544. The average molecular weight is 968 g/mol. The number of benzene rings is 4. The Balaban J connectivity index is 0.790. The Morgan fingerprint density at radius 2 is 0.928 bits per heavy atom. The van der Waals surface area contributed by atoms with Crippen LogP contribution in [0.1, 0.15) is 139 Å². The van der Waals surface area contributed by atoms with Gasteiger partial charge in [-0.15, -0.1) is 11.8 Å². The molecule has 2 aliphatic heterocycles. The molecule has 4 aromatic rings. The van der Waals surface area contributed by atoms with Crippen molar-refractivity contribution in [2.75, 3.05) is 26.4 Å². The molecule has 0 bridgehead atoms. The zero-order valence-corrected chi connectivity index (χ0v) is 42.2. The smallest absolute Gasteiger partial charge is 0.132 e. The average Bonchev–Trinajstić information content (AvgIpc) is 3.34. The standard InChI is InChI=1S/C57H77NO10S/c1-36-18-28-43(55-52(64)50(62)49(61)38(3)67-55)34-45(36)32-41-24-20-39(21-25-41)12-10-16-47(59)14-6-8-30-58(4)31-9-7-15-48(60)17-11-13-40-22-26-42(27-23-40)33-46-35-44(29-19-37(46)2)56-53(65)51(63)54(66)57(68-56)69-5/h18-29,34-35,38,49-57,61-66H,6-17,30-33H2,1-5H3/t38-,49-,50+,51-,52-,53-,54+,55+,56+,57-/m1/s1. The Morgan fingerprint density at radius 3 is 1.38 bits per heavy atom. The van der Waals surface area contributed by atoms with Gasteiger partial charge in [0.25, 0.3) is 0 Å². The summed E-state index contributed by atoms with van der Waals surface area (Å²) < 4.78 is 11.9. The normalized spacial score (nSPS) is 25.0. The van der Waals surface area contributed by atoms with Crippen molar-refractivity contribution in [2.45, 2.75) is 171 Å². The monoisotopic (exact) mass is 968 g/mol. The molecule has 0 unspecified atom stereocenters. The molecule has 6 rings (SSSR count). The maximum absolute atomic E-state index is 12.7. The van der Waals surface area contributed by atoms with Crippen molar-refractivity contribution in [1.82, 2.24) is 4.90 Å². The third-order valence-corrected chi connectivity index (χ3v) is 15.1. The molecule has 0 aliphatic carbocycles. The van der Waals surface area contributed by atoms with E-state index >= 15 is 0 Å². The van der Waals surface area contributed by atoms with Crippen LogP contribution in [0.4, 0.5) is 0 Å². The highest BCUT2D eigenvalue weighted by atomic mass is 32.2. The van der Waals surface area contributed by atoms with E-state index in [0.717, 1.165) is 109 Å². The van der Waals surface area contributed by atoms with Crippen molar-refractivity contribution in [3.05, 3.63) is 141 Å². The zero-order chi connectivity index (χ0) is 49.6. The maximum Gasteiger partial charge on any atom is 0.132 e. The van der Waals surface area contributed by atoms with Crippen LogP contribution in [0, 0.1) is 13.8 Å². The van der Waals surface area contributed by atoms with Gasteiger partial charge in [0.05, 0.1) is 6.10 Å². The molecule has 69 heavy (non-hydrogen) atoms. The van der Waals surface area contributed by atoms with Crippen LogP contribution in [0.5, 0.6) is 0 Å². The molecule has 2 saturated heterocycles. The van der Waals surface area contributed by atoms with E-state index in [4.69, 9.17) is 9.47 Å². The molecule has 11 nitrogen and oxygen atoms in total. The number of nitrogens with zero attached hydrogens (tertiary/aromatic N) is 1. The van der Waals surface area contributed by atoms with Crippen LogP contribution in [-0.2, 0) is 44.7 Å². The second-order valence-corrected chi connectivity index (χ2v) is 20.7. The van der Waals surface area contributed by atoms with Crippen molar-refractivity contribution in [3.8, 4) is 0 Å². The highest BCUT2D eigenvalue weighted by molar-refractivity contribution is 7.99. The summed E-state index contributed by atoms with van der Waals surface area (Å²) in [7, 11) is 2.12. The number of aliphatic hydroxyl groups excluding tert-OH is 6. The van der Waals surface area contributed by atoms with E-state index in [0.29, 0.717) is 50.1 Å². The Labute approximate surface area is 414 Å². The molecule has 2 aliphatic rings. The molecule has 6 N–H and O–H groups in total. The van der Waals surface area contributed by atoms with Crippen LogP contribution in [-0.4, -0.2) is 122 Å². The molecule has 4 aromatic carbocycles. The van der Waals surface area contributed by atoms with Gasteiger partial charge in [0.1, 0.15) is 65.8 Å². The van der Waals surface area contributed by atoms with Gasteiger partial charge in [0, 0.05) is 25.7 Å². The van der Waals surface area contributed by atoms with Crippen LogP contribution < -0.4 is 0 Å². The summed E-state index contributed by atoms with van der Waals surface area (Å²) in [4.78, 5) is 27.6. The van der Waals surface area contributed by atoms with Crippen molar-refractivity contribution >= 4 is 23.3 Å². The number of hydrogen-bond acceptors (Lipinski definition) is 12. The molecule has 2 fully saturated rings. The predicted molar refractivity (Wildman–Crippen MR) is 272 cm³/mol. The molecule has 10 atom stereocenters. The van der Waals surface area contributed by atoms with Gasteiger partial charge in [0.15, 0.2) is 0 Å². The summed E-state index contributed by atoms with van der Waals surface area (Å²) >= 11 is 1.31. The van der Waals surface area contributed by atoms with Gasteiger partial charge in [-0.3, -0.25) is 9.59 Å². The number of aryl methyl sites for hydroxylation is 4. The van der Waals surface area contributed by atoms with E-state index in [2.05, 4.69) is 74.3 Å². The summed E-state index contributed by atoms with van der Waals surface area (Å²) in [5, 5.41) is 62.4. The molecular weight excluding hydrogens is 891 g/mol. The Bertz CT molecular complexity index is 2230. The highest BCUT2D eigenvalue weighted by Gasteiger charge is 2.44.